The standard InChI is InChI=1S/2C29H31.C26H25.2ClH.2Zr/c2*1-2-16-29(17-6-3-7-18-29)21-22-19-24-12-9-15-27(28(24)20-22)26-14-8-11-23-10-4-5-13-25(23)26;1-2-26(14-7-15-26)18-19-16-21-10-6-13-24(25(21)17-19)23-12-5-9-20-8-3-4-11-22(20)23;;;;/h2*4-5,8-15,19-20H,2-3,6-7,16-18,21H2,1H3;3-6,8-13,16-17H,2,7,14-15,18H2,1H3;2*1H;;/q3*-1;;;+3;+4/p-2. The van der Waals surface area contributed by atoms with Crippen LogP contribution in [0.25, 0.3) is 98.0 Å². The molecule has 4 heteroatoms. The fraction of sp³-hybridized carbons (Fsp3) is 0.321. The molecule has 1 radical (unpaired) electrons. The first-order valence-corrected chi connectivity index (χ1v) is 32.8. The molecule has 3 aliphatic carbocycles. The molecule has 0 heterocycles. The Kier molecular flexibility index (Phi) is 23.2. The topological polar surface area (TPSA) is 0 Å². The van der Waals surface area contributed by atoms with E-state index in [4.69, 9.17) is 0 Å². The summed E-state index contributed by atoms with van der Waals surface area (Å²) >= 11 is 0. The number of hydrogen-bond acceptors (Lipinski definition) is 0. The normalized spacial score (nSPS) is 15.6. The van der Waals surface area contributed by atoms with Gasteiger partial charge in [0.2, 0.25) is 0 Å². The Morgan fingerprint density at radius 3 is 0.875 bits per heavy atom. The summed E-state index contributed by atoms with van der Waals surface area (Å²) in [5.41, 5.74) is 14.4. The van der Waals surface area contributed by atoms with Gasteiger partial charge in [0.05, 0.1) is 0 Å². The van der Waals surface area contributed by atoms with Crippen molar-refractivity contribution in [3.05, 3.63) is 235 Å². The minimum Gasteiger partial charge on any atom is -1.00 e. The summed E-state index contributed by atoms with van der Waals surface area (Å²) in [4.78, 5) is 0. The number of benzene rings is 9. The average Bonchev–Trinajstić information content (AvgIpc) is 1.87. The molecule has 15 rings (SSSR count). The van der Waals surface area contributed by atoms with Gasteiger partial charge in [-0.15, -0.1) is 104 Å². The van der Waals surface area contributed by atoms with Gasteiger partial charge in [0.25, 0.3) is 0 Å². The Morgan fingerprint density at radius 2 is 0.580 bits per heavy atom. The van der Waals surface area contributed by atoms with Gasteiger partial charge >= 0.3 is 52.4 Å². The molecule has 3 fully saturated rings. The first kappa shape index (κ1) is 67.3. The molecule has 0 unspecified atom stereocenters. The van der Waals surface area contributed by atoms with Crippen molar-refractivity contribution in [2.45, 2.75) is 156 Å². The van der Waals surface area contributed by atoms with E-state index in [-0.39, 0.29) is 77.2 Å². The first-order valence-electron chi connectivity index (χ1n) is 32.8. The second-order valence-electron chi connectivity index (χ2n) is 26.5. The van der Waals surface area contributed by atoms with Gasteiger partial charge < -0.3 is 24.8 Å². The van der Waals surface area contributed by atoms with E-state index in [2.05, 4.69) is 239 Å². The molecule has 0 atom stereocenters. The fourth-order valence-electron chi connectivity index (χ4n) is 16.6. The Bertz CT molecular complexity index is 3990. The van der Waals surface area contributed by atoms with E-state index in [1.807, 2.05) is 0 Å². The van der Waals surface area contributed by atoms with Crippen LogP contribution in [0.15, 0.2) is 218 Å². The van der Waals surface area contributed by atoms with Gasteiger partial charge in [-0.25, -0.2) is 0 Å². The van der Waals surface area contributed by atoms with Crippen molar-refractivity contribution < 1.29 is 77.2 Å². The van der Waals surface area contributed by atoms with E-state index in [1.54, 1.807) is 11.1 Å². The molecule has 0 spiro atoms. The van der Waals surface area contributed by atoms with Crippen molar-refractivity contribution in [2.75, 3.05) is 0 Å². The summed E-state index contributed by atoms with van der Waals surface area (Å²) in [6.07, 6.45) is 28.8. The number of halogens is 2. The van der Waals surface area contributed by atoms with Crippen molar-refractivity contribution in [3.63, 3.8) is 0 Å². The molecule has 3 aliphatic rings. The van der Waals surface area contributed by atoms with Gasteiger partial charge in [0.1, 0.15) is 0 Å². The zero-order valence-corrected chi connectivity index (χ0v) is 58.8. The maximum Gasteiger partial charge on any atom is 4.00 e. The van der Waals surface area contributed by atoms with Crippen molar-refractivity contribution in [2.24, 2.45) is 16.2 Å². The summed E-state index contributed by atoms with van der Waals surface area (Å²) in [5.74, 6) is 0. The monoisotopic (exact) mass is 1350 g/mol. The van der Waals surface area contributed by atoms with Gasteiger partial charge in [0.15, 0.2) is 0 Å². The predicted octanol–water partition coefficient (Wildman–Crippen LogP) is 18.8. The molecule has 0 aromatic heterocycles. The second kappa shape index (κ2) is 30.4. The van der Waals surface area contributed by atoms with Gasteiger partial charge in [-0.05, 0) is 136 Å². The van der Waals surface area contributed by atoms with Crippen LogP contribution in [0.2, 0.25) is 0 Å². The van der Waals surface area contributed by atoms with Crippen LogP contribution in [0, 0.1) is 16.2 Å². The number of fused-ring (bicyclic) bond motifs is 6. The smallest absolute Gasteiger partial charge is 1.00 e. The minimum atomic E-state index is 0. The maximum absolute atomic E-state index is 2.50. The molecular weight excluding hydrogens is 1260 g/mol. The van der Waals surface area contributed by atoms with Gasteiger partial charge in [-0.1, -0.05) is 247 Å². The molecule has 0 saturated heterocycles. The van der Waals surface area contributed by atoms with Crippen molar-refractivity contribution >= 4 is 64.6 Å². The SMILES string of the molecule is CCC1(Cc2cc3c(-c4cccc5ccccc45)cccc3[cH-]2)CCC1.CCCC1(Cc2cc3c(-c4cccc5ccccc45)cccc3[cH-]2)CCCCC1.CCCC1(Cc2cc3c(-c4cccc5ccccc45)cccc3[cH-]2)CCCCC1.[Cl-].[Cl-].[Zr+3].[Zr+4]. The van der Waals surface area contributed by atoms with E-state index < -0.39 is 0 Å². The van der Waals surface area contributed by atoms with Crippen LogP contribution < -0.4 is 24.8 Å². The van der Waals surface area contributed by atoms with Crippen LogP contribution in [-0.4, -0.2) is 0 Å². The number of hydrogen-bond donors (Lipinski definition) is 0. The Labute approximate surface area is 576 Å². The maximum atomic E-state index is 2.50. The van der Waals surface area contributed by atoms with E-state index in [0.29, 0.717) is 16.2 Å². The molecule has 0 nitrogen and oxygen atoms in total. The predicted molar refractivity (Wildman–Crippen MR) is 366 cm³/mol. The van der Waals surface area contributed by atoms with Crippen LogP contribution in [0.4, 0.5) is 0 Å². The van der Waals surface area contributed by atoms with Crippen LogP contribution in [-0.2, 0) is 71.7 Å². The Morgan fingerprint density at radius 1 is 0.307 bits per heavy atom. The molecule has 12 aromatic carbocycles. The largest absolute Gasteiger partial charge is 4.00 e. The quantitative estimate of drug-likeness (QED) is 0.0952. The fourth-order valence-corrected chi connectivity index (χ4v) is 16.6. The summed E-state index contributed by atoms with van der Waals surface area (Å²) in [7, 11) is 0. The van der Waals surface area contributed by atoms with E-state index in [0.717, 1.165) is 0 Å². The van der Waals surface area contributed by atoms with Crippen LogP contribution in [0.5, 0.6) is 0 Å². The zero-order chi connectivity index (χ0) is 56.9. The Balaban J connectivity index is 0.000000154. The van der Waals surface area contributed by atoms with Crippen LogP contribution >= 0.6 is 0 Å². The summed E-state index contributed by atoms with van der Waals surface area (Å²) in [6, 6.07) is 81.5. The van der Waals surface area contributed by atoms with E-state index in [9.17, 15) is 0 Å². The summed E-state index contributed by atoms with van der Waals surface area (Å²) in [6.45, 7) is 7.08. The molecule has 0 amide bonds. The molecule has 443 valence electrons. The second-order valence-corrected chi connectivity index (χ2v) is 26.5. The molecule has 12 aromatic rings. The molecule has 0 aliphatic heterocycles. The third-order valence-corrected chi connectivity index (χ3v) is 21.0. The molecule has 3 saturated carbocycles. The average molecular weight is 1350 g/mol. The van der Waals surface area contributed by atoms with Crippen LogP contribution in [0.3, 0.4) is 0 Å². The summed E-state index contributed by atoms with van der Waals surface area (Å²) < 4.78 is 0. The van der Waals surface area contributed by atoms with Crippen molar-refractivity contribution in [1.82, 2.24) is 0 Å². The van der Waals surface area contributed by atoms with Crippen molar-refractivity contribution in [1.29, 1.82) is 0 Å². The third kappa shape index (κ3) is 14.3. The molecule has 88 heavy (non-hydrogen) atoms. The molecule has 0 N–H and O–H groups in total. The van der Waals surface area contributed by atoms with Crippen molar-refractivity contribution in [3.8, 4) is 33.4 Å². The first-order chi connectivity index (χ1) is 41.3. The van der Waals surface area contributed by atoms with E-state index in [1.165, 1.54) is 238 Å². The molecular formula is C84H87Cl2Zr2+2. The zero-order valence-electron chi connectivity index (χ0n) is 52.4. The summed E-state index contributed by atoms with van der Waals surface area (Å²) in [5, 5.41) is 16.4. The van der Waals surface area contributed by atoms with Gasteiger partial charge in [-0.3, -0.25) is 0 Å². The number of rotatable bonds is 14. The van der Waals surface area contributed by atoms with Gasteiger partial charge in [-0.2, -0.15) is 18.2 Å². The van der Waals surface area contributed by atoms with E-state index >= 15 is 0 Å². The third-order valence-electron chi connectivity index (χ3n) is 21.0. The minimum absolute atomic E-state index is 0. The van der Waals surface area contributed by atoms with Gasteiger partial charge in [0, 0.05) is 0 Å². The molecule has 0 bridgehead atoms. The van der Waals surface area contributed by atoms with Crippen LogP contribution in [0.1, 0.15) is 153 Å². The Hall–Kier alpha value is -5.06.